The fraction of sp³-hybridized carbons (Fsp3) is 0.222. The molecule has 0 fully saturated rings. The molecule has 144 valence electrons. The van der Waals surface area contributed by atoms with E-state index in [9.17, 15) is 9.18 Å². The van der Waals surface area contributed by atoms with E-state index in [2.05, 4.69) is 4.98 Å². The van der Waals surface area contributed by atoms with Gasteiger partial charge in [0.25, 0.3) is 5.91 Å². The molecule has 0 N–H and O–H groups in total. The number of carbonyl (C=O) groups is 1. The number of carbonyl (C=O) groups excluding carboxylic acids is 1. The molecule has 0 radical (unpaired) electrons. The SMILES string of the molecule is CN(C)CCN(C(=O)c1cc(Cl)ccc1Cl)c1nc2ccc(F)cc2s1.Cl. The van der Waals surface area contributed by atoms with Gasteiger partial charge >= 0.3 is 0 Å². The van der Waals surface area contributed by atoms with E-state index in [1.807, 2.05) is 19.0 Å². The third-order valence-electron chi connectivity index (χ3n) is 3.74. The van der Waals surface area contributed by atoms with Crippen molar-refractivity contribution in [1.82, 2.24) is 9.88 Å². The van der Waals surface area contributed by atoms with Crippen LogP contribution in [0.3, 0.4) is 0 Å². The number of halogens is 4. The number of nitrogens with zero attached hydrogens (tertiary/aromatic N) is 3. The highest BCUT2D eigenvalue weighted by Crippen LogP contribution is 2.31. The Morgan fingerprint density at radius 2 is 1.89 bits per heavy atom. The lowest BCUT2D eigenvalue weighted by atomic mass is 10.2. The Balaban J connectivity index is 0.00000261. The van der Waals surface area contributed by atoms with Crippen molar-refractivity contribution in [1.29, 1.82) is 0 Å². The second-order valence-corrected chi connectivity index (χ2v) is 7.85. The van der Waals surface area contributed by atoms with Gasteiger partial charge in [0.15, 0.2) is 5.13 Å². The van der Waals surface area contributed by atoms with E-state index in [0.29, 0.717) is 44.0 Å². The van der Waals surface area contributed by atoms with Gasteiger partial charge in [-0.05, 0) is 50.5 Å². The highest BCUT2D eigenvalue weighted by atomic mass is 35.5. The van der Waals surface area contributed by atoms with Crippen molar-refractivity contribution in [2.75, 3.05) is 32.1 Å². The first kappa shape index (κ1) is 21.9. The molecule has 0 saturated carbocycles. The fourth-order valence-electron chi connectivity index (χ4n) is 2.39. The van der Waals surface area contributed by atoms with Crippen molar-refractivity contribution in [3.8, 4) is 0 Å². The zero-order chi connectivity index (χ0) is 18.8. The average molecular weight is 449 g/mol. The molecule has 4 nitrogen and oxygen atoms in total. The minimum Gasteiger partial charge on any atom is -0.308 e. The predicted octanol–water partition coefficient (Wildman–Crippen LogP) is 5.37. The lowest BCUT2D eigenvalue weighted by molar-refractivity contribution is 0.0985. The van der Waals surface area contributed by atoms with Gasteiger partial charge in [-0.15, -0.1) is 12.4 Å². The topological polar surface area (TPSA) is 36.4 Å². The molecular weight excluding hydrogens is 432 g/mol. The van der Waals surface area contributed by atoms with Crippen molar-refractivity contribution in [2.24, 2.45) is 0 Å². The number of benzene rings is 2. The number of rotatable bonds is 5. The number of hydrogen-bond acceptors (Lipinski definition) is 4. The maximum absolute atomic E-state index is 13.5. The summed E-state index contributed by atoms with van der Waals surface area (Å²) >= 11 is 13.5. The maximum Gasteiger partial charge on any atom is 0.261 e. The Bertz CT molecular complexity index is 964. The average Bonchev–Trinajstić information content (AvgIpc) is 2.99. The van der Waals surface area contributed by atoms with Gasteiger partial charge < -0.3 is 4.90 Å². The molecule has 0 saturated heterocycles. The summed E-state index contributed by atoms with van der Waals surface area (Å²) in [6.07, 6.45) is 0. The van der Waals surface area contributed by atoms with E-state index in [1.165, 1.54) is 23.5 Å². The predicted molar refractivity (Wildman–Crippen MR) is 114 cm³/mol. The van der Waals surface area contributed by atoms with E-state index in [4.69, 9.17) is 23.2 Å². The standard InChI is InChI=1S/C18H16Cl2FN3OS.ClH/c1-23(2)7-8-24(17(25)13-9-11(19)3-5-14(13)20)18-22-15-6-4-12(21)10-16(15)26-18;/h3-6,9-10H,7-8H2,1-2H3;1H. The number of hydrogen-bond donors (Lipinski definition) is 0. The molecule has 1 heterocycles. The second kappa shape index (κ2) is 9.17. The molecule has 0 atom stereocenters. The molecule has 0 spiro atoms. The van der Waals surface area contributed by atoms with Crippen LogP contribution in [-0.2, 0) is 0 Å². The van der Waals surface area contributed by atoms with Crippen LogP contribution in [0.1, 0.15) is 10.4 Å². The van der Waals surface area contributed by atoms with E-state index < -0.39 is 0 Å². The lowest BCUT2D eigenvalue weighted by Crippen LogP contribution is -2.36. The van der Waals surface area contributed by atoms with Gasteiger partial charge in [0.05, 0.1) is 20.8 Å². The van der Waals surface area contributed by atoms with Crippen LogP contribution in [0.4, 0.5) is 9.52 Å². The van der Waals surface area contributed by atoms with Crippen molar-refractivity contribution in [2.45, 2.75) is 0 Å². The molecule has 1 aromatic heterocycles. The second-order valence-electron chi connectivity index (χ2n) is 5.99. The molecule has 0 unspecified atom stereocenters. The molecular formula is C18H17Cl3FN3OS. The van der Waals surface area contributed by atoms with Gasteiger partial charge in [-0.25, -0.2) is 9.37 Å². The van der Waals surface area contributed by atoms with Gasteiger partial charge in [0, 0.05) is 18.1 Å². The van der Waals surface area contributed by atoms with Gasteiger partial charge in [0.2, 0.25) is 0 Å². The van der Waals surface area contributed by atoms with Gasteiger partial charge in [-0.3, -0.25) is 9.69 Å². The lowest BCUT2D eigenvalue weighted by Gasteiger charge is -2.22. The number of thiazole rings is 1. The van der Waals surface area contributed by atoms with E-state index >= 15 is 0 Å². The molecule has 0 aliphatic carbocycles. The van der Waals surface area contributed by atoms with Crippen LogP contribution < -0.4 is 4.90 Å². The largest absolute Gasteiger partial charge is 0.308 e. The first-order valence-corrected chi connectivity index (χ1v) is 9.40. The monoisotopic (exact) mass is 447 g/mol. The minimum atomic E-state index is -0.336. The van der Waals surface area contributed by atoms with Crippen LogP contribution in [0, 0.1) is 5.82 Å². The Morgan fingerprint density at radius 3 is 2.59 bits per heavy atom. The van der Waals surface area contributed by atoms with Crippen molar-refractivity contribution in [3.63, 3.8) is 0 Å². The summed E-state index contributed by atoms with van der Waals surface area (Å²) in [6.45, 7) is 1.05. The number of fused-ring (bicyclic) bond motifs is 1. The Hall–Kier alpha value is -1.44. The van der Waals surface area contributed by atoms with Crippen molar-refractivity contribution >= 4 is 68.2 Å². The van der Waals surface area contributed by atoms with E-state index in [0.717, 1.165) is 0 Å². The van der Waals surface area contributed by atoms with E-state index in [1.54, 1.807) is 29.2 Å². The van der Waals surface area contributed by atoms with Crippen LogP contribution in [0.25, 0.3) is 10.2 Å². The van der Waals surface area contributed by atoms with Gasteiger partial charge in [-0.2, -0.15) is 0 Å². The zero-order valence-electron chi connectivity index (χ0n) is 14.6. The molecule has 3 aromatic rings. The third-order valence-corrected chi connectivity index (χ3v) is 5.35. The molecule has 27 heavy (non-hydrogen) atoms. The number of likely N-dealkylation sites (N-methyl/N-ethyl adjacent to an activating group) is 1. The number of anilines is 1. The van der Waals surface area contributed by atoms with Gasteiger partial charge in [0.1, 0.15) is 5.82 Å². The highest BCUT2D eigenvalue weighted by Gasteiger charge is 2.23. The normalized spacial score (nSPS) is 10.9. The van der Waals surface area contributed by atoms with E-state index in [-0.39, 0.29) is 24.1 Å². The first-order valence-electron chi connectivity index (χ1n) is 7.83. The summed E-state index contributed by atoms with van der Waals surface area (Å²) < 4.78 is 14.2. The Kier molecular flexibility index (Phi) is 7.42. The molecule has 0 aliphatic rings. The summed E-state index contributed by atoms with van der Waals surface area (Å²) in [7, 11) is 3.84. The summed E-state index contributed by atoms with van der Waals surface area (Å²) in [4.78, 5) is 21.1. The molecule has 0 aliphatic heterocycles. The molecule has 0 bridgehead atoms. The van der Waals surface area contributed by atoms with Crippen LogP contribution in [-0.4, -0.2) is 43.0 Å². The quantitative estimate of drug-likeness (QED) is 0.526. The van der Waals surface area contributed by atoms with Crippen LogP contribution in [0.15, 0.2) is 36.4 Å². The first-order chi connectivity index (χ1) is 12.3. The van der Waals surface area contributed by atoms with Crippen LogP contribution in [0.2, 0.25) is 10.0 Å². The summed E-state index contributed by atoms with van der Waals surface area (Å²) in [5.41, 5.74) is 0.953. The summed E-state index contributed by atoms with van der Waals surface area (Å²) in [5, 5.41) is 1.24. The molecule has 2 aromatic carbocycles. The molecule has 3 rings (SSSR count). The maximum atomic E-state index is 13.5. The van der Waals surface area contributed by atoms with Crippen molar-refractivity contribution in [3.05, 3.63) is 57.8 Å². The summed E-state index contributed by atoms with van der Waals surface area (Å²) in [5.74, 6) is -0.629. The summed E-state index contributed by atoms with van der Waals surface area (Å²) in [6, 6.07) is 9.14. The van der Waals surface area contributed by atoms with Crippen molar-refractivity contribution < 1.29 is 9.18 Å². The minimum absolute atomic E-state index is 0. The number of amides is 1. The highest BCUT2D eigenvalue weighted by molar-refractivity contribution is 7.22. The number of aromatic nitrogens is 1. The zero-order valence-corrected chi connectivity index (χ0v) is 17.7. The Morgan fingerprint density at radius 1 is 1.15 bits per heavy atom. The smallest absolute Gasteiger partial charge is 0.261 e. The molecule has 9 heteroatoms. The van der Waals surface area contributed by atoms with Gasteiger partial charge in [-0.1, -0.05) is 34.5 Å². The third kappa shape index (κ3) is 5.09. The van der Waals surface area contributed by atoms with Crippen LogP contribution >= 0.6 is 46.9 Å². The fourth-order valence-corrected chi connectivity index (χ4v) is 3.78. The Labute approximate surface area is 176 Å². The van der Waals surface area contributed by atoms with Crippen LogP contribution in [0.5, 0.6) is 0 Å². The molecule has 1 amide bonds.